The van der Waals surface area contributed by atoms with Gasteiger partial charge in [-0.25, -0.2) is 4.79 Å². The Morgan fingerprint density at radius 1 is 0.781 bits per heavy atom. The van der Waals surface area contributed by atoms with Crippen LogP contribution >= 0.6 is 0 Å². The maximum Gasteiger partial charge on any atom is 0.336 e. The van der Waals surface area contributed by atoms with Gasteiger partial charge in [-0.15, -0.1) is 0 Å². The van der Waals surface area contributed by atoms with Crippen molar-refractivity contribution in [3.8, 4) is 22.3 Å². The van der Waals surface area contributed by atoms with Crippen LogP contribution in [0.4, 0.5) is 0 Å². The summed E-state index contributed by atoms with van der Waals surface area (Å²) in [6.07, 6.45) is 6.65. The number of aryl methyl sites for hydroxylation is 2. The summed E-state index contributed by atoms with van der Waals surface area (Å²) < 4.78 is 11.6. The fourth-order valence-corrected chi connectivity index (χ4v) is 4.48. The number of hydrogen-bond donors (Lipinski definition) is 0. The van der Waals surface area contributed by atoms with E-state index in [1.54, 1.807) is 6.07 Å². The first-order valence-electron chi connectivity index (χ1n) is 11.3. The highest BCUT2D eigenvalue weighted by molar-refractivity contribution is 6.08. The molecule has 3 aromatic carbocycles. The third kappa shape index (κ3) is 3.64. The Labute approximate surface area is 187 Å². The van der Waals surface area contributed by atoms with E-state index in [0.717, 1.165) is 50.6 Å². The molecular weight excluding hydrogens is 396 g/mol. The zero-order valence-electron chi connectivity index (χ0n) is 18.5. The summed E-state index contributed by atoms with van der Waals surface area (Å²) in [5.74, 6) is 0. The fraction of sp³-hybridized carbons (Fsp3) is 0.207. The average Bonchev–Trinajstić information content (AvgIpc) is 3.25. The van der Waals surface area contributed by atoms with Crippen LogP contribution in [0.3, 0.4) is 0 Å². The molecule has 0 aliphatic carbocycles. The minimum Gasteiger partial charge on any atom is -0.463 e. The van der Waals surface area contributed by atoms with Gasteiger partial charge in [0.1, 0.15) is 11.2 Å². The van der Waals surface area contributed by atoms with E-state index in [9.17, 15) is 4.79 Å². The summed E-state index contributed by atoms with van der Waals surface area (Å²) >= 11 is 0. The summed E-state index contributed by atoms with van der Waals surface area (Å²) in [6, 6.07) is 22.4. The second-order valence-corrected chi connectivity index (χ2v) is 8.40. The molecule has 0 saturated heterocycles. The van der Waals surface area contributed by atoms with Crippen molar-refractivity contribution in [1.82, 2.24) is 0 Å². The molecule has 3 heteroatoms. The van der Waals surface area contributed by atoms with Crippen molar-refractivity contribution < 1.29 is 8.83 Å². The van der Waals surface area contributed by atoms with E-state index in [4.69, 9.17) is 8.83 Å². The highest BCUT2D eigenvalue weighted by Gasteiger charge is 2.17. The molecule has 0 radical (unpaired) electrons. The van der Waals surface area contributed by atoms with Crippen molar-refractivity contribution in [3.63, 3.8) is 0 Å². The molecule has 0 fully saturated rings. The van der Waals surface area contributed by atoms with Crippen LogP contribution in [0.15, 0.2) is 86.6 Å². The van der Waals surface area contributed by atoms with Gasteiger partial charge in [0.2, 0.25) is 0 Å². The molecule has 0 amide bonds. The average molecular weight is 423 g/mol. The zero-order valence-corrected chi connectivity index (χ0v) is 18.5. The molecular formula is C29H26O3. The molecule has 0 aliphatic rings. The van der Waals surface area contributed by atoms with Crippen LogP contribution in [-0.2, 0) is 6.42 Å². The minimum atomic E-state index is -0.357. The molecule has 0 atom stereocenters. The highest BCUT2D eigenvalue weighted by Crippen LogP contribution is 2.39. The molecule has 32 heavy (non-hydrogen) atoms. The van der Waals surface area contributed by atoms with Crippen molar-refractivity contribution in [3.05, 3.63) is 94.5 Å². The molecule has 0 aliphatic heterocycles. The van der Waals surface area contributed by atoms with Crippen molar-refractivity contribution in [2.75, 3.05) is 0 Å². The van der Waals surface area contributed by atoms with Gasteiger partial charge in [0.15, 0.2) is 0 Å². The Kier molecular flexibility index (Phi) is 5.40. The van der Waals surface area contributed by atoms with Gasteiger partial charge in [0, 0.05) is 28.0 Å². The Hall–Kier alpha value is -3.59. The van der Waals surface area contributed by atoms with Crippen LogP contribution in [0.1, 0.15) is 37.3 Å². The number of rotatable bonds is 6. The van der Waals surface area contributed by atoms with E-state index in [1.165, 1.54) is 24.8 Å². The van der Waals surface area contributed by atoms with Gasteiger partial charge in [0.25, 0.3) is 0 Å². The van der Waals surface area contributed by atoms with E-state index in [2.05, 4.69) is 37.3 Å². The summed E-state index contributed by atoms with van der Waals surface area (Å²) in [7, 11) is 0. The Morgan fingerprint density at radius 3 is 2.25 bits per heavy atom. The topological polar surface area (TPSA) is 43.4 Å². The number of furan rings is 1. The Balaban J connectivity index is 1.66. The lowest BCUT2D eigenvalue weighted by molar-refractivity contribution is 0.557. The largest absolute Gasteiger partial charge is 0.463 e. The van der Waals surface area contributed by atoms with Gasteiger partial charge in [-0.3, -0.25) is 0 Å². The van der Waals surface area contributed by atoms with E-state index in [1.807, 2.05) is 43.5 Å². The molecule has 3 nitrogen and oxygen atoms in total. The molecule has 0 spiro atoms. The van der Waals surface area contributed by atoms with Gasteiger partial charge in [-0.1, -0.05) is 74.4 Å². The van der Waals surface area contributed by atoms with Crippen LogP contribution < -0.4 is 5.63 Å². The van der Waals surface area contributed by atoms with E-state index in [-0.39, 0.29) is 5.63 Å². The second-order valence-electron chi connectivity index (χ2n) is 8.40. The predicted octanol–water partition coefficient (Wildman–Crippen LogP) is 7.91. The first kappa shape index (κ1) is 20.3. The quantitative estimate of drug-likeness (QED) is 0.206. The summed E-state index contributed by atoms with van der Waals surface area (Å²) in [5.41, 5.74) is 7.23. The van der Waals surface area contributed by atoms with E-state index in [0.29, 0.717) is 5.58 Å². The van der Waals surface area contributed by atoms with Crippen LogP contribution in [0.2, 0.25) is 0 Å². The first-order chi connectivity index (χ1) is 15.7. The van der Waals surface area contributed by atoms with Crippen molar-refractivity contribution in [2.24, 2.45) is 0 Å². The van der Waals surface area contributed by atoms with E-state index < -0.39 is 0 Å². The van der Waals surface area contributed by atoms with Gasteiger partial charge in [0.05, 0.1) is 6.26 Å². The summed E-state index contributed by atoms with van der Waals surface area (Å²) in [6.45, 7) is 4.18. The van der Waals surface area contributed by atoms with Crippen LogP contribution in [0.5, 0.6) is 0 Å². The molecule has 0 saturated carbocycles. The standard InChI is InChI=1S/C29H26O3/c1-3-4-6-9-20-12-14-22(15-13-20)26-18-31-28-19(2)29-24(16-25(26)28)23(17-27(30)32-29)21-10-7-5-8-11-21/h5,7-8,10-18H,3-4,6,9H2,1-2H3. The third-order valence-electron chi connectivity index (χ3n) is 6.22. The number of benzene rings is 3. The normalized spacial score (nSPS) is 11.4. The van der Waals surface area contributed by atoms with Gasteiger partial charge < -0.3 is 8.83 Å². The van der Waals surface area contributed by atoms with Gasteiger partial charge in [-0.05, 0) is 48.1 Å². The van der Waals surface area contributed by atoms with Gasteiger partial charge in [-0.2, -0.15) is 0 Å². The maximum absolute atomic E-state index is 12.3. The van der Waals surface area contributed by atoms with Crippen LogP contribution in [-0.4, -0.2) is 0 Å². The molecule has 0 N–H and O–H groups in total. The molecule has 0 bridgehead atoms. The Bertz CT molecular complexity index is 1440. The Morgan fingerprint density at radius 2 is 1.50 bits per heavy atom. The monoisotopic (exact) mass is 422 g/mol. The minimum absolute atomic E-state index is 0.357. The number of hydrogen-bond acceptors (Lipinski definition) is 3. The predicted molar refractivity (Wildman–Crippen MR) is 131 cm³/mol. The number of fused-ring (bicyclic) bond motifs is 2. The molecule has 0 unspecified atom stereocenters. The second kappa shape index (κ2) is 8.51. The smallest absolute Gasteiger partial charge is 0.336 e. The molecule has 5 aromatic rings. The summed E-state index contributed by atoms with van der Waals surface area (Å²) in [4.78, 5) is 12.3. The lowest BCUT2D eigenvalue weighted by atomic mass is 9.96. The zero-order chi connectivity index (χ0) is 22.1. The van der Waals surface area contributed by atoms with Crippen molar-refractivity contribution >= 4 is 21.9 Å². The van der Waals surface area contributed by atoms with Crippen LogP contribution in [0, 0.1) is 6.92 Å². The van der Waals surface area contributed by atoms with Crippen LogP contribution in [0.25, 0.3) is 44.2 Å². The summed E-state index contributed by atoms with van der Waals surface area (Å²) in [5, 5.41) is 1.94. The molecule has 160 valence electrons. The van der Waals surface area contributed by atoms with E-state index >= 15 is 0 Å². The van der Waals surface area contributed by atoms with Gasteiger partial charge >= 0.3 is 5.63 Å². The fourth-order valence-electron chi connectivity index (χ4n) is 4.48. The SMILES string of the molecule is CCCCCc1ccc(-c2coc3c(C)c4oc(=O)cc(-c5ccccc5)c4cc23)cc1. The maximum atomic E-state index is 12.3. The lowest BCUT2D eigenvalue weighted by Gasteiger charge is -2.09. The molecule has 5 rings (SSSR count). The first-order valence-corrected chi connectivity index (χ1v) is 11.3. The van der Waals surface area contributed by atoms with Crippen molar-refractivity contribution in [1.29, 1.82) is 0 Å². The van der Waals surface area contributed by atoms with Crippen molar-refractivity contribution in [2.45, 2.75) is 39.5 Å². The third-order valence-corrected chi connectivity index (χ3v) is 6.22. The molecule has 2 aromatic heterocycles. The number of unbranched alkanes of at least 4 members (excludes halogenated alkanes) is 2. The lowest BCUT2D eigenvalue weighted by Crippen LogP contribution is -1.99. The highest BCUT2D eigenvalue weighted by atomic mass is 16.4. The molecule has 2 heterocycles.